The second-order valence-electron chi connectivity index (χ2n) is 7.03. The summed E-state index contributed by atoms with van der Waals surface area (Å²) in [7, 11) is 0. The lowest BCUT2D eigenvalue weighted by molar-refractivity contribution is 0.0935. The lowest BCUT2D eigenvalue weighted by Crippen LogP contribution is -2.32. The summed E-state index contributed by atoms with van der Waals surface area (Å²) in [6, 6.07) is 17.1. The van der Waals surface area contributed by atoms with Crippen LogP contribution in [0, 0.1) is 6.92 Å². The van der Waals surface area contributed by atoms with Gasteiger partial charge in [-0.25, -0.2) is 4.98 Å². The van der Waals surface area contributed by atoms with E-state index in [2.05, 4.69) is 15.6 Å². The minimum absolute atomic E-state index is 0.106. The van der Waals surface area contributed by atoms with Crippen LogP contribution < -0.4 is 10.6 Å². The van der Waals surface area contributed by atoms with Crippen molar-refractivity contribution in [2.75, 3.05) is 0 Å². The highest BCUT2D eigenvalue weighted by atomic mass is 16.2. The number of imidazole rings is 1. The molecule has 0 aliphatic heterocycles. The maximum absolute atomic E-state index is 12.8. The van der Waals surface area contributed by atoms with Gasteiger partial charge in [0.25, 0.3) is 11.8 Å². The predicted molar refractivity (Wildman–Crippen MR) is 113 cm³/mol. The van der Waals surface area contributed by atoms with Crippen molar-refractivity contribution < 1.29 is 9.59 Å². The van der Waals surface area contributed by atoms with Crippen LogP contribution in [0.1, 0.15) is 52.5 Å². The van der Waals surface area contributed by atoms with Crippen molar-refractivity contribution in [3.05, 3.63) is 83.4 Å². The van der Waals surface area contributed by atoms with E-state index < -0.39 is 0 Å². The topological polar surface area (TPSA) is 76.0 Å². The number of carbonyl (C=O) groups is 2. The summed E-state index contributed by atoms with van der Waals surface area (Å²) in [4.78, 5) is 29.4. The molecule has 1 aromatic heterocycles. The monoisotopic (exact) mass is 390 g/mol. The number of aryl methyl sites for hydroxylation is 1. The summed E-state index contributed by atoms with van der Waals surface area (Å²) < 4.78 is 1.82. The summed E-state index contributed by atoms with van der Waals surface area (Å²) in [6.45, 7) is 6.18. The van der Waals surface area contributed by atoms with Crippen LogP contribution in [0.25, 0.3) is 5.69 Å². The van der Waals surface area contributed by atoms with E-state index in [0.29, 0.717) is 17.8 Å². The molecule has 0 saturated carbocycles. The molecule has 2 aromatic carbocycles. The van der Waals surface area contributed by atoms with Gasteiger partial charge in [0, 0.05) is 23.8 Å². The largest absolute Gasteiger partial charge is 0.350 e. The SMILES string of the molecule is CC[C@@H](C)NC(=O)c1cccc(CNC(=O)c2cnc(C)n2-c2ccccc2)c1. The maximum atomic E-state index is 12.8. The molecule has 29 heavy (non-hydrogen) atoms. The first-order chi connectivity index (χ1) is 14.0. The molecule has 3 rings (SSSR count). The Labute approximate surface area is 171 Å². The second kappa shape index (κ2) is 9.19. The molecule has 0 bridgehead atoms. The number of nitrogens with zero attached hydrogens (tertiary/aromatic N) is 2. The van der Waals surface area contributed by atoms with Crippen molar-refractivity contribution >= 4 is 11.8 Å². The summed E-state index contributed by atoms with van der Waals surface area (Å²) in [5.41, 5.74) is 2.80. The van der Waals surface area contributed by atoms with Gasteiger partial charge in [0.1, 0.15) is 11.5 Å². The molecule has 1 heterocycles. The summed E-state index contributed by atoms with van der Waals surface area (Å²) in [5.74, 6) is 0.416. The van der Waals surface area contributed by atoms with Crippen molar-refractivity contribution in [3.8, 4) is 5.69 Å². The molecule has 3 aromatic rings. The quantitative estimate of drug-likeness (QED) is 0.647. The Balaban J connectivity index is 1.71. The van der Waals surface area contributed by atoms with Gasteiger partial charge in [0.2, 0.25) is 0 Å². The molecule has 1 atom stereocenters. The van der Waals surface area contributed by atoms with Gasteiger partial charge < -0.3 is 10.6 Å². The van der Waals surface area contributed by atoms with E-state index in [-0.39, 0.29) is 17.9 Å². The molecule has 0 aliphatic rings. The first-order valence-corrected chi connectivity index (χ1v) is 9.77. The van der Waals surface area contributed by atoms with Crippen molar-refractivity contribution in [1.82, 2.24) is 20.2 Å². The third-order valence-electron chi connectivity index (χ3n) is 4.82. The number of para-hydroxylation sites is 1. The zero-order chi connectivity index (χ0) is 20.8. The van der Waals surface area contributed by atoms with Gasteiger partial charge in [-0.3, -0.25) is 14.2 Å². The fraction of sp³-hybridized carbons (Fsp3) is 0.261. The highest BCUT2D eigenvalue weighted by Crippen LogP contribution is 2.15. The number of hydrogen-bond acceptors (Lipinski definition) is 3. The van der Waals surface area contributed by atoms with E-state index >= 15 is 0 Å². The van der Waals surface area contributed by atoms with Crippen molar-refractivity contribution in [3.63, 3.8) is 0 Å². The highest BCUT2D eigenvalue weighted by molar-refractivity contribution is 5.95. The van der Waals surface area contributed by atoms with Crippen LogP contribution in [0.3, 0.4) is 0 Å². The summed E-state index contributed by atoms with van der Waals surface area (Å²) >= 11 is 0. The van der Waals surface area contributed by atoms with Crippen molar-refractivity contribution in [2.24, 2.45) is 0 Å². The molecule has 6 nitrogen and oxygen atoms in total. The van der Waals surface area contributed by atoms with E-state index in [0.717, 1.165) is 23.5 Å². The summed E-state index contributed by atoms with van der Waals surface area (Å²) in [6.07, 6.45) is 2.45. The van der Waals surface area contributed by atoms with E-state index in [1.807, 2.05) is 67.8 Å². The number of rotatable bonds is 7. The van der Waals surface area contributed by atoms with E-state index in [1.165, 1.54) is 0 Å². The molecular formula is C23H26N4O2. The number of nitrogens with one attached hydrogen (secondary N) is 2. The van der Waals surface area contributed by atoms with Gasteiger partial charge in [0.05, 0.1) is 6.20 Å². The van der Waals surface area contributed by atoms with Crippen LogP contribution in [0.15, 0.2) is 60.8 Å². The van der Waals surface area contributed by atoms with Crippen LogP contribution in [0.2, 0.25) is 0 Å². The van der Waals surface area contributed by atoms with E-state index in [4.69, 9.17) is 0 Å². The van der Waals surface area contributed by atoms with Crippen LogP contribution in [-0.2, 0) is 6.54 Å². The van der Waals surface area contributed by atoms with Gasteiger partial charge >= 0.3 is 0 Å². The Bertz CT molecular complexity index is 995. The lowest BCUT2D eigenvalue weighted by Gasteiger charge is -2.13. The molecule has 0 fully saturated rings. The van der Waals surface area contributed by atoms with Gasteiger partial charge in [0.15, 0.2) is 0 Å². The number of amides is 2. The molecule has 0 aliphatic carbocycles. The molecule has 6 heteroatoms. The van der Waals surface area contributed by atoms with E-state index in [9.17, 15) is 9.59 Å². The Hall–Kier alpha value is -3.41. The molecule has 2 amide bonds. The fourth-order valence-corrected chi connectivity index (χ4v) is 3.01. The standard InChI is InChI=1S/C23H26N4O2/c1-4-16(2)26-22(28)19-10-8-9-18(13-19)14-25-23(29)21-15-24-17(3)27(21)20-11-6-5-7-12-20/h5-13,15-16H,4,14H2,1-3H3,(H,25,29)(H,26,28)/t16-/m1/s1. The third kappa shape index (κ3) is 4.90. The Morgan fingerprint density at radius 1 is 1.07 bits per heavy atom. The molecule has 0 saturated heterocycles. The van der Waals surface area contributed by atoms with Gasteiger partial charge in [-0.1, -0.05) is 37.3 Å². The minimum Gasteiger partial charge on any atom is -0.350 e. The van der Waals surface area contributed by atoms with Crippen molar-refractivity contribution in [2.45, 2.75) is 39.8 Å². The average Bonchev–Trinajstić information content (AvgIpc) is 3.14. The fourth-order valence-electron chi connectivity index (χ4n) is 3.01. The van der Waals surface area contributed by atoms with Crippen LogP contribution in [-0.4, -0.2) is 27.4 Å². The van der Waals surface area contributed by atoms with Crippen molar-refractivity contribution in [1.29, 1.82) is 0 Å². The number of hydrogen-bond donors (Lipinski definition) is 2. The number of aromatic nitrogens is 2. The van der Waals surface area contributed by atoms with Gasteiger partial charge in [-0.15, -0.1) is 0 Å². The van der Waals surface area contributed by atoms with E-state index in [1.54, 1.807) is 18.3 Å². The zero-order valence-corrected chi connectivity index (χ0v) is 17.0. The Morgan fingerprint density at radius 2 is 1.83 bits per heavy atom. The Kier molecular flexibility index (Phi) is 6.44. The molecule has 0 unspecified atom stereocenters. The molecular weight excluding hydrogens is 364 g/mol. The number of carbonyl (C=O) groups excluding carboxylic acids is 2. The van der Waals surface area contributed by atoms with Crippen LogP contribution in [0.4, 0.5) is 0 Å². The minimum atomic E-state index is -0.219. The highest BCUT2D eigenvalue weighted by Gasteiger charge is 2.16. The lowest BCUT2D eigenvalue weighted by atomic mass is 10.1. The smallest absolute Gasteiger partial charge is 0.270 e. The molecule has 0 spiro atoms. The molecule has 0 radical (unpaired) electrons. The first kappa shape index (κ1) is 20.3. The van der Waals surface area contributed by atoms with Gasteiger partial charge in [-0.2, -0.15) is 0 Å². The Morgan fingerprint density at radius 3 is 2.55 bits per heavy atom. The van der Waals surface area contributed by atoms with Gasteiger partial charge in [-0.05, 0) is 50.1 Å². The second-order valence-corrected chi connectivity index (χ2v) is 7.03. The van der Waals surface area contributed by atoms with Crippen LogP contribution >= 0.6 is 0 Å². The average molecular weight is 390 g/mol. The maximum Gasteiger partial charge on any atom is 0.270 e. The number of benzene rings is 2. The first-order valence-electron chi connectivity index (χ1n) is 9.77. The zero-order valence-electron chi connectivity index (χ0n) is 17.0. The normalized spacial score (nSPS) is 11.7. The predicted octanol–water partition coefficient (Wildman–Crippen LogP) is 3.64. The molecule has 2 N–H and O–H groups in total. The molecule has 150 valence electrons. The third-order valence-corrected chi connectivity index (χ3v) is 4.82. The van der Waals surface area contributed by atoms with Crippen LogP contribution in [0.5, 0.6) is 0 Å². The summed E-state index contributed by atoms with van der Waals surface area (Å²) in [5, 5.41) is 5.88.